The summed E-state index contributed by atoms with van der Waals surface area (Å²) in [5, 5.41) is 0. The van der Waals surface area contributed by atoms with Gasteiger partial charge in [-0.15, -0.1) is 0 Å². The third-order valence-electron chi connectivity index (χ3n) is 3.99. The van der Waals surface area contributed by atoms with Crippen molar-refractivity contribution < 1.29 is 19.1 Å². The Kier molecular flexibility index (Phi) is 5.81. The van der Waals surface area contributed by atoms with Crippen molar-refractivity contribution in [1.82, 2.24) is 0 Å². The second-order valence-corrected chi connectivity index (χ2v) is 5.43. The summed E-state index contributed by atoms with van der Waals surface area (Å²) in [4.78, 5) is 25.2. The van der Waals surface area contributed by atoms with Crippen molar-refractivity contribution in [2.24, 2.45) is 0 Å². The molecule has 0 fully saturated rings. The standard InChI is InChI=1S/C17H23NO4/c1-21-14-9-8-13-10-11-18(15(13)12-14)16(19)6-4-3-5-7-17(20)22-2/h8-9,12H,3-7,10-11H2,1-2H3. The molecule has 0 N–H and O–H groups in total. The second kappa shape index (κ2) is 7.82. The number of esters is 1. The number of rotatable bonds is 7. The molecule has 120 valence electrons. The van der Waals surface area contributed by atoms with Crippen LogP contribution in [-0.2, 0) is 20.7 Å². The number of carbonyl (C=O) groups excluding carboxylic acids is 2. The normalized spacial score (nSPS) is 12.9. The quantitative estimate of drug-likeness (QED) is 0.574. The van der Waals surface area contributed by atoms with Gasteiger partial charge >= 0.3 is 5.97 Å². The zero-order chi connectivity index (χ0) is 15.9. The van der Waals surface area contributed by atoms with E-state index in [0.29, 0.717) is 12.8 Å². The van der Waals surface area contributed by atoms with E-state index in [9.17, 15) is 9.59 Å². The van der Waals surface area contributed by atoms with Crippen LogP contribution < -0.4 is 9.64 Å². The maximum atomic E-state index is 12.4. The maximum absolute atomic E-state index is 12.4. The van der Waals surface area contributed by atoms with Gasteiger partial charge in [0.15, 0.2) is 0 Å². The molecule has 0 spiro atoms. The van der Waals surface area contributed by atoms with Crippen LogP contribution in [-0.4, -0.2) is 32.6 Å². The molecule has 0 saturated heterocycles. The fourth-order valence-electron chi connectivity index (χ4n) is 2.70. The SMILES string of the molecule is COC(=O)CCCCCC(=O)N1CCc2ccc(OC)cc21. The first kappa shape index (κ1) is 16.3. The number of ether oxygens (including phenoxy) is 2. The van der Waals surface area contributed by atoms with Crippen LogP contribution in [0.4, 0.5) is 5.69 Å². The van der Waals surface area contributed by atoms with Crippen molar-refractivity contribution in [3.63, 3.8) is 0 Å². The third-order valence-corrected chi connectivity index (χ3v) is 3.99. The molecule has 5 nitrogen and oxygen atoms in total. The molecule has 2 rings (SSSR count). The lowest BCUT2D eigenvalue weighted by Gasteiger charge is -2.18. The number of fused-ring (bicyclic) bond motifs is 1. The summed E-state index contributed by atoms with van der Waals surface area (Å²) in [7, 11) is 3.02. The Labute approximate surface area is 131 Å². The number of carbonyl (C=O) groups is 2. The minimum atomic E-state index is -0.188. The first-order valence-corrected chi connectivity index (χ1v) is 7.70. The van der Waals surface area contributed by atoms with Gasteiger partial charge in [0.25, 0.3) is 0 Å². The summed E-state index contributed by atoms with van der Waals surface area (Å²) in [6.07, 6.45) is 4.26. The number of hydrogen-bond acceptors (Lipinski definition) is 4. The van der Waals surface area contributed by atoms with Gasteiger partial charge in [-0.25, -0.2) is 0 Å². The average Bonchev–Trinajstić information content (AvgIpc) is 2.96. The Morgan fingerprint density at radius 3 is 2.64 bits per heavy atom. The summed E-state index contributed by atoms with van der Waals surface area (Å²) in [5.41, 5.74) is 2.17. The largest absolute Gasteiger partial charge is 0.497 e. The Balaban J connectivity index is 1.81. The van der Waals surface area contributed by atoms with E-state index >= 15 is 0 Å². The highest BCUT2D eigenvalue weighted by Crippen LogP contribution is 2.32. The molecule has 0 bridgehead atoms. The maximum Gasteiger partial charge on any atom is 0.305 e. The van der Waals surface area contributed by atoms with Crippen LogP contribution >= 0.6 is 0 Å². The van der Waals surface area contributed by atoms with Gasteiger partial charge in [-0.3, -0.25) is 9.59 Å². The molecule has 0 aromatic heterocycles. The predicted octanol–water partition coefficient (Wildman–Crippen LogP) is 2.71. The lowest BCUT2D eigenvalue weighted by atomic mass is 10.1. The molecule has 1 aromatic carbocycles. The van der Waals surface area contributed by atoms with Crippen LogP contribution in [0.2, 0.25) is 0 Å². The number of hydrogen-bond donors (Lipinski definition) is 0. The van der Waals surface area contributed by atoms with Gasteiger partial charge < -0.3 is 14.4 Å². The van der Waals surface area contributed by atoms with Crippen molar-refractivity contribution in [2.45, 2.75) is 38.5 Å². The van der Waals surface area contributed by atoms with E-state index in [1.165, 1.54) is 12.7 Å². The zero-order valence-electron chi connectivity index (χ0n) is 13.3. The van der Waals surface area contributed by atoms with Gasteiger partial charge in [0, 0.05) is 25.5 Å². The molecule has 1 aromatic rings. The van der Waals surface area contributed by atoms with E-state index in [4.69, 9.17) is 4.74 Å². The summed E-state index contributed by atoms with van der Waals surface area (Å²) in [6.45, 7) is 0.740. The molecule has 0 saturated carbocycles. The highest BCUT2D eigenvalue weighted by Gasteiger charge is 2.24. The van der Waals surface area contributed by atoms with Gasteiger partial charge in [0.2, 0.25) is 5.91 Å². The van der Waals surface area contributed by atoms with Gasteiger partial charge in [-0.05, 0) is 30.9 Å². The summed E-state index contributed by atoms with van der Waals surface area (Å²) < 4.78 is 9.83. The van der Waals surface area contributed by atoms with Gasteiger partial charge in [0.05, 0.1) is 19.9 Å². The van der Waals surface area contributed by atoms with Crippen LogP contribution in [0.1, 0.15) is 37.7 Å². The van der Waals surface area contributed by atoms with Crippen LogP contribution in [0.15, 0.2) is 18.2 Å². The molecule has 0 unspecified atom stereocenters. The number of methoxy groups -OCH3 is 2. The van der Waals surface area contributed by atoms with E-state index in [-0.39, 0.29) is 11.9 Å². The fourth-order valence-corrected chi connectivity index (χ4v) is 2.70. The van der Waals surface area contributed by atoms with Crippen LogP contribution in [0.25, 0.3) is 0 Å². The third kappa shape index (κ3) is 4.00. The van der Waals surface area contributed by atoms with Gasteiger partial charge in [-0.2, -0.15) is 0 Å². The van der Waals surface area contributed by atoms with Gasteiger partial charge in [-0.1, -0.05) is 12.5 Å². The monoisotopic (exact) mass is 305 g/mol. The molecule has 1 aliphatic rings. The van der Waals surface area contributed by atoms with Crippen molar-refractivity contribution in [3.05, 3.63) is 23.8 Å². The Bertz CT molecular complexity index is 541. The van der Waals surface area contributed by atoms with Crippen molar-refractivity contribution in [1.29, 1.82) is 0 Å². The van der Waals surface area contributed by atoms with E-state index in [1.54, 1.807) is 7.11 Å². The van der Waals surface area contributed by atoms with Crippen molar-refractivity contribution in [3.8, 4) is 5.75 Å². The van der Waals surface area contributed by atoms with Crippen molar-refractivity contribution in [2.75, 3.05) is 25.7 Å². The van der Waals surface area contributed by atoms with Crippen molar-refractivity contribution >= 4 is 17.6 Å². The molecular weight excluding hydrogens is 282 g/mol. The van der Waals surface area contributed by atoms with E-state index in [1.807, 2.05) is 23.1 Å². The van der Waals surface area contributed by atoms with Crippen LogP contribution in [0.3, 0.4) is 0 Å². The Morgan fingerprint density at radius 2 is 1.91 bits per heavy atom. The first-order chi connectivity index (χ1) is 10.7. The zero-order valence-corrected chi connectivity index (χ0v) is 13.3. The minimum Gasteiger partial charge on any atom is -0.497 e. The molecule has 22 heavy (non-hydrogen) atoms. The highest BCUT2D eigenvalue weighted by atomic mass is 16.5. The number of benzene rings is 1. The fraction of sp³-hybridized carbons (Fsp3) is 0.529. The molecule has 0 atom stereocenters. The number of anilines is 1. The lowest BCUT2D eigenvalue weighted by molar-refractivity contribution is -0.140. The van der Waals surface area contributed by atoms with E-state index in [2.05, 4.69) is 4.74 Å². The smallest absolute Gasteiger partial charge is 0.305 e. The molecular formula is C17H23NO4. The molecule has 1 amide bonds. The number of nitrogens with zero attached hydrogens (tertiary/aromatic N) is 1. The predicted molar refractivity (Wildman–Crippen MR) is 84.2 cm³/mol. The molecule has 0 radical (unpaired) electrons. The first-order valence-electron chi connectivity index (χ1n) is 7.70. The molecule has 1 aliphatic heterocycles. The molecule has 0 aliphatic carbocycles. The van der Waals surface area contributed by atoms with E-state index < -0.39 is 0 Å². The van der Waals surface area contributed by atoms with E-state index in [0.717, 1.165) is 43.7 Å². The highest BCUT2D eigenvalue weighted by molar-refractivity contribution is 5.95. The second-order valence-electron chi connectivity index (χ2n) is 5.43. The summed E-state index contributed by atoms with van der Waals surface area (Å²) in [5.74, 6) is 0.730. The molecule has 5 heteroatoms. The van der Waals surface area contributed by atoms with Crippen LogP contribution in [0, 0.1) is 0 Å². The van der Waals surface area contributed by atoms with Crippen LogP contribution in [0.5, 0.6) is 5.75 Å². The average molecular weight is 305 g/mol. The number of unbranched alkanes of at least 4 members (excludes halogenated alkanes) is 2. The summed E-state index contributed by atoms with van der Waals surface area (Å²) >= 11 is 0. The number of amides is 1. The minimum absolute atomic E-state index is 0.144. The van der Waals surface area contributed by atoms with Gasteiger partial charge in [0.1, 0.15) is 5.75 Å². The lowest BCUT2D eigenvalue weighted by Crippen LogP contribution is -2.28. The topological polar surface area (TPSA) is 55.8 Å². The molecule has 1 heterocycles. The summed E-state index contributed by atoms with van der Waals surface area (Å²) in [6, 6.07) is 5.88. The Morgan fingerprint density at radius 1 is 1.14 bits per heavy atom. The Hall–Kier alpha value is -2.04.